The number of hydrogen-bond donors (Lipinski definition) is 0. The van der Waals surface area contributed by atoms with E-state index >= 15 is 0 Å². The van der Waals surface area contributed by atoms with E-state index in [0.717, 1.165) is 17.0 Å². The zero-order valence-corrected chi connectivity index (χ0v) is 22.9. The van der Waals surface area contributed by atoms with Crippen molar-refractivity contribution in [2.24, 2.45) is 0 Å². The molecule has 0 aliphatic carbocycles. The minimum Gasteiger partial charge on any atom is -0.468 e. The molecular formula is C26H38NO4SSi+. The molecule has 5 nitrogen and oxygen atoms in total. The van der Waals surface area contributed by atoms with Gasteiger partial charge in [0, 0.05) is 24.8 Å². The molecule has 0 radical (unpaired) electrons. The summed E-state index contributed by atoms with van der Waals surface area (Å²) in [6, 6.07) is 9.71. The van der Waals surface area contributed by atoms with Crippen LogP contribution in [0.15, 0.2) is 30.3 Å². The van der Waals surface area contributed by atoms with E-state index in [1.54, 1.807) is 0 Å². The van der Waals surface area contributed by atoms with Crippen LogP contribution in [-0.2, 0) is 25.6 Å². The van der Waals surface area contributed by atoms with Crippen molar-refractivity contribution in [2.45, 2.75) is 89.5 Å². The van der Waals surface area contributed by atoms with Crippen LogP contribution in [0.4, 0.5) is 0 Å². The third-order valence-corrected chi connectivity index (χ3v) is 7.29. The van der Waals surface area contributed by atoms with E-state index in [1.165, 1.54) is 18.9 Å². The Kier molecular flexibility index (Phi) is 9.80. The van der Waals surface area contributed by atoms with Crippen LogP contribution < -0.4 is 0 Å². The molecule has 2 atom stereocenters. The quantitative estimate of drug-likeness (QED) is 0.233. The Hall–Kier alpha value is -2.04. The van der Waals surface area contributed by atoms with Crippen molar-refractivity contribution in [3.05, 3.63) is 35.9 Å². The maximum atomic E-state index is 13.0. The van der Waals surface area contributed by atoms with Gasteiger partial charge in [0.25, 0.3) is 6.04 Å². The molecule has 0 amide bonds. The average molecular weight is 489 g/mol. The molecule has 0 spiro atoms. The van der Waals surface area contributed by atoms with Gasteiger partial charge >= 0.3 is 11.9 Å². The van der Waals surface area contributed by atoms with Crippen LogP contribution in [0.5, 0.6) is 0 Å². The lowest BCUT2D eigenvalue weighted by atomic mass is 10.1. The summed E-state index contributed by atoms with van der Waals surface area (Å²) in [5.41, 5.74) is 3.93. The highest BCUT2D eigenvalue weighted by atomic mass is 32.2. The molecule has 0 saturated carbocycles. The smallest absolute Gasteiger partial charge is 0.375 e. The summed E-state index contributed by atoms with van der Waals surface area (Å²) in [4.78, 5) is 25.5. The van der Waals surface area contributed by atoms with E-state index < -0.39 is 13.7 Å². The van der Waals surface area contributed by atoms with Gasteiger partial charge in [0.15, 0.2) is 6.54 Å². The minimum atomic E-state index is -1.45. The van der Waals surface area contributed by atoms with Crippen molar-refractivity contribution < 1.29 is 23.6 Å². The van der Waals surface area contributed by atoms with E-state index in [9.17, 15) is 9.59 Å². The first-order chi connectivity index (χ1) is 15.4. The van der Waals surface area contributed by atoms with Gasteiger partial charge in [0.1, 0.15) is 18.9 Å². The fourth-order valence-electron chi connectivity index (χ4n) is 3.50. The summed E-state index contributed by atoms with van der Waals surface area (Å²) >= 11 is 1.51. The number of thioether (sulfide) groups is 1. The van der Waals surface area contributed by atoms with Crippen LogP contribution in [0.1, 0.15) is 52.0 Å². The molecule has 2 unspecified atom stereocenters. The Balaban J connectivity index is 2.29. The SMILES string of the molecule is COC(=O)C(CCC#C[Si](C)(C)C)SC1=[N+](Cc2ccccc2)C(C(=O)OC(C)(C)C)CC1. The molecule has 180 valence electrons. The number of carbonyl (C=O) groups excluding carboxylic acids is 2. The first kappa shape index (κ1) is 27.2. The van der Waals surface area contributed by atoms with Gasteiger partial charge in [0.2, 0.25) is 5.04 Å². The molecule has 1 heterocycles. The van der Waals surface area contributed by atoms with Crippen LogP contribution >= 0.6 is 11.8 Å². The number of carbonyl (C=O) groups is 2. The largest absolute Gasteiger partial charge is 0.468 e. The first-order valence-electron chi connectivity index (χ1n) is 11.5. The summed E-state index contributed by atoms with van der Waals surface area (Å²) < 4.78 is 12.9. The van der Waals surface area contributed by atoms with Gasteiger partial charge in [-0.2, -0.15) is 0 Å². The molecule has 0 aromatic heterocycles. The first-order valence-corrected chi connectivity index (χ1v) is 15.9. The van der Waals surface area contributed by atoms with Crippen LogP contribution in [0.25, 0.3) is 0 Å². The number of methoxy groups -OCH3 is 1. The van der Waals surface area contributed by atoms with Crippen LogP contribution in [0, 0.1) is 11.5 Å². The molecule has 0 N–H and O–H groups in total. The van der Waals surface area contributed by atoms with Gasteiger partial charge in [-0.1, -0.05) is 50.0 Å². The lowest BCUT2D eigenvalue weighted by Gasteiger charge is -2.21. The van der Waals surface area contributed by atoms with Crippen molar-refractivity contribution in [1.29, 1.82) is 0 Å². The second-order valence-electron chi connectivity index (χ2n) is 10.3. The number of nitrogens with zero attached hydrogens (tertiary/aromatic N) is 1. The van der Waals surface area contributed by atoms with Crippen molar-refractivity contribution in [1.82, 2.24) is 0 Å². The number of esters is 2. The van der Waals surface area contributed by atoms with E-state index in [2.05, 4.69) is 47.8 Å². The van der Waals surface area contributed by atoms with Gasteiger partial charge in [-0.3, -0.25) is 4.79 Å². The molecule has 1 aliphatic rings. The second-order valence-corrected chi connectivity index (χ2v) is 16.3. The van der Waals surface area contributed by atoms with Gasteiger partial charge in [-0.15, -0.1) is 11.5 Å². The Bertz CT molecular complexity index is 920. The highest BCUT2D eigenvalue weighted by Gasteiger charge is 2.42. The van der Waals surface area contributed by atoms with Crippen molar-refractivity contribution >= 4 is 36.8 Å². The molecular weight excluding hydrogens is 450 g/mol. The minimum absolute atomic E-state index is 0.218. The van der Waals surface area contributed by atoms with E-state index in [1.807, 2.05) is 39.0 Å². The maximum absolute atomic E-state index is 13.0. The molecule has 0 saturated heterocycles. The fourth-order valence-corrected chi connectivity index (χ4v) is 5.48. The predicted octanol–water partition coefficient (Wildman–Crippen LogP) is 5.04. The average Bonchev–Trinajstić information content (AvgIpc) is 3.10. The third-order valence-electron chi connectivity index (χ3n) is 4.94. The molecule has 1 aliphatic heterocycles. The standard InChI is InChI=1S/C26H38NO4SSi/c1-26(2,3)31-24(28)21-16-17-23(27(21)19-20-13-9-8-10-14-20)32-22(25(29)30-4)15-11-12-18-33(5,6)7/h8-10,13-14,21-22H,11,15-17,19H2,1-7H3/q+1. The topological polar surface area (TPSA) is 55.6 Å². The number of hydrogen-bond acceptors (Lipinski definition) is 5. The lowest BCUT2D eigenvalue weighted by Crippen LogP contribution is -2.37. The molecule has 1 aromatic rings. The Morgan fingerprint density at radius 2 is 1.88 bits per heavy atom. The molecule has 2 rings (SSSR count). The molecule has 0 bridgehead atoms. The molecule has 0 fully saturated rings. The second kappa shape index (κ2) is 11.9. The van der Waals surface area contributed by atoms with Gasteiger partial charge in [0.05, 0.1) is 7.11 Å². The van der Waals surface area contributed by atoms with Crippen LogP contribution in [0.3, 0.4) is 0 Å². The summed E-state index contributed by atoms with van der Waals surface area (Å²) in [6.45, 7) is 12.9. The fraction of sp³-hybridized carbons (Fsp3) is 0.577. The van der Waals surface area contributed by atoms with Crippen LogP contribution in [0.2, 0.25) is 19.6 Å². The van der Waals surface area contributed by atoms with Crippen LogP contribution in [-0.4, -0.2) is 53.6 Å². The van der Waals surface area contributed by atoms with Gasteiger partial charge < -0.3 is 9.47 Å². The zero-order chi connectivity index (χ0) is 24.6. The number of ether oxygens (including phenoxy) is 2. The Labute approximate surface area is 204 Å². The highest BCUT2D eigenvalue weighted by molar-refractivity contribution is 8.14. The Morgan fingerprint density at radius 3 is 2.45 bits per heavy atom. The van der Waals surface area contributed by atoms with E-state index in [-0.39, 0.29) is 23.2 Å². The van der Waals surface area contributed by atoms with Crippen molar-refractivity contribution in [2.75, 3.05) is 7.11 Å². The van der Waals surface area contributed by atoms with Crippen molar-refractivity contribution in [3.63, 3.8) is 0 Å². The molecule has 1 aromatic carbocycles. The van der Waals surface area contributed by atoms with Crippen molar-refractivity contribution in [3.8, 4) is 11.5 Å². The Morgan fingerprint density at radius 1 is 1.21 bits per heavy atom. The zero-order valence-electron chi connectivity index (χ0n) is 21.1. The predicted molar refractivity (Wildman–Crippen MR) is 138 cm³/mol. The van der Waals surface area contributed by atoms with E-state index in [0.29, 0.717) is 25.8 Å². The summed E-state index contributed by atoms with van der Waals surface area (Å²) in [7, 11) is -0.0204. The monoisotopic (exact) mass is 488 g/mol. The molecule has 33 heavy (non-hydrogen) atoms. The van der Waals surface area contributed by atoms with Gasteiger partial charge in [-0.25, -0.2) is 9.37 Å². The maximum Gasteiger partial charge on any atom is 0.375 e. The summed E-state index contributed by atoms with van der Waals surface area (Å²) in [5, 5.41) is 0.680. The summed E-state index contributed by atoms with van der Waals surface area (Å²) in [6.07, 6.45) is 2.68. The lowest BCUT2D eigenvalue weighted by molar-refractivity contribution is -0.560. The normalized spacial score (nSPS) is 17.2. The summed E-state index contributed by atoms with van der Waals surface area (Å²) in [5.74, 6) is 2.79. The van der Waals surface area contributed by atoms with E-state index in [4.69, 9.17) is 9.47 Å². The highest BCUT2D eigenvalue weighted by Crippen LogP contribution is 2.29. The third kappa shape index (κ3) is 9.38. The number of benzene rings is 1. The number of rotatable bonds is 7. The molecule has 7 heteroatoms. The van der Waals surface area contributed by atoms with Gasteiger partial charge in [-0.05, 0) is 39.0 Å².